The molecule has 0 spiro atoms. The predicted octanol–water partition coefficient (Wildman–Crippen LogP) is 3.55. The van der Waals surface area contributed by atoms with Gasteiger partial charge < -0.3 is 9.72 Å². The maximum atomic E-state index is 13.2. The number of H-pyrrole nitrogens is 1. The van der Waals surface area contributed by atoms with Gasteiger partial charge in [0.15, 0.2) is 5.82 Å². The monoisotopic (exact) mass is 522 g/mol. The minimum atomic E-state index is -0.595. The first kappa shape index (κ1) is 21.8. The number of hydrogen-bond donors (Lipinski definition) is 1. The molecule has 3 aromatic heterocycles. The number of hydrogen-bond acceptors (Lipinski definition) is 5. The minimum Gasteiger partial charge on any atom is -0.492 e. The summed E-state index contributed by atoms with van der Waals surface area (Å²) < 4.78 is 21.7. The number of nitrogens with zero attached hydrogens (tertiary/aromatic N) is 3. The van der Waals surface area contributed by atoms with Gasteiger partial charge in [-0.1, -0.05) is 6.07 Å². The predicted molar refractivity (Wildman–Crippen MR) is 127 cm³/mol. The number of rotatable bonds is 6. The normalized spacial score (nSPS) is 11.2. The number of ketones is 1. The molecule has 0 aliphatic carbocycles. The van der Waals surface area contributed by atoms with Crippen molar-refractivity contribution in [2.75, 3.05) is 6.61 Å². The van der Waals surface area contributed by atoms with Crippen molar-refractivity contribution in [3.63, 3.8) is 0 Å². The Bertz CT molecular complexity index is 1670. The van der Waals surface area contributed by atoms with E-state index in [1.54, 1.807) is 22.7 Å². The second-order valence-corrected chi connectivity index (χ2v) is 8.21. The van der Waals surface area contributed by atoms with Crippen molar-refractivity contribution in [1.82, 2.24) is 18.9 Å². The van der Waals surface area contributed by atoms with Crippen molar-refractivity contribution >= 4 is 38.1 Å². The van der Waals surface area contributed by atoms with E-state index < -0.39 is 17.1 Å². The second kappa shape index (κ2) is 8.71. The van der Waals surface area contributed by atoms with E-state index in [-0.39, 0.29) is 35.7 Å². The summed E-state index contributed by atoms with van der Waals surface area (Å²) in [6, 6.07) is 15.4. The number of halogens is 2. The summed E-state index contributed by atoms with van der Waals surface area (Å²) in [4.78, 5) is 45.7. The second-order valence-electron chi connectivity index (χ2n) is 7.46. The zero-order valence-corrected chi connectivity index (χ0v) is 19.1. The van der Waals surface area contributed by atoms with E-state index in [1.807, 2.05) is 12.1 Å². The van der Waals surface area contributed by atoms with Crippen LogP contribution in [-0.2, 0) is 6.54 Å². The minimum absolute atomic E-state index is 0.0207. The first-order chi connectivity index (χ1) is 16.4. The molecular weight excluding hydrogens is 507 g/mol. The Morgan fingerprint density at radius 2 is 1.88 bits per heavy atom. The molecule has 0 aliphatic heterocycles. The number of aromatic amines is 1. The van der Waals surface area contributed by atoms with Gasteiger partial charge in [-0.15, -0.1) is 0 Å². The summed E-state index contributed by atoms with van der Waals surface area (Å²) in [5.41, 5.74) is 0.164. The molecule has 0 saturated heterocycles. The number of nitrogens with one attached hydrogen (secondary N) is 1. The Kier molecular flexibility index (Phi) is 5.58. The van der Waals surface area contributed by atoms with Crippen LogP contribution < -0.4 is 16.0 Å². The molecule has 8 nitrogen and oxygen atoms in total. The Morgan fingerprint density at radius 1 is 1.09 bits per heavy atom. The molecule has 0 saturated carbocycles. The van der Waals surface area contributed by atoms with E-state index in [0.717, 1.165) is 10.1 Å². The third-order valence-corrected chi connectivity index (χ3v) is 5.93. The molecule has 10 heteroatoms. The molecule has 0 amide bonds. The molecule has 1 N–H and O–H groups in total. The summed E-state index contributed by atoms with van der Waals surface area (Å²) in [7, 11) is 0. The van der Waals surface area contributed by atoms with Crippen molar-refractivity contribution in [1.29, 1.82) is 0 Å². The third kappa shape index (κ3) is 3.92. The third-order valence-electron chi connectivity index (χ3n) is 5.35. The molecule has 170 valence electrons. The van der Waals surface area contributed by atoms with Crippen LogP contribution in [0.1, 0.15) is 16.2 Å². The summed E-state index contributed by atoms with van der Waals surface area (Å²) in [6.07, 6.45) is 1.73. The number of pyridine rings is 1. The number of carbonyl (C=O) groups is 1. The quantitative estimate of drug-likeness (QED) is 0.344. The first-order valence-corrected chi connectivity index (χ1v) is 11.0. The summed E-state index contributed by atoms with van der Waals surface area (Å²) in [5, 5.41) is 0.187. The molecule has 0 atom stereocenters. The van der Waals surface area contributed by atoms with Crippen molar-refractivity contribution in [2.45, 2.75) is 6.54 Å². The van der Waals surface area contributed by atoms with Gasteiger partial charge >= 0.3 is 5.69 Å². The van der Waals surface area contributed by atoms with Crippen LogP contribution in [0.15, 0.2) is 81.1 Å². The molecule has 2 aromatic carbocycles. The first-order valence-electron chi connectivity index (χ1n) is 10.2. The van der Waals surface area contributed by atoms with E-state index in [0.29, 0.717) is 15.9 Å². The van der Waals surface area contributed by atoms with Crippen LogP contribution in [0.3, 0.4) is 0 Å². The fourth-order valence-corrected chi connectivity index (χ4v) is 4.16. The smallest absolute Gasteiger partial charge is 0.328 e. The molecule has 0 aliphatic rings. The molecule has 5 rings (SSSR count). The zero-order valence-electron chi connectivity index (χ0n) is 17.5. The van der Waals surface area contributed by atoms with Crippen LogP contribution >= 0.6 is 15.9 Å². The number of aromatic nitrogens is 4. The topological polar surface area (TPSA) is 98.5 Å². The number of imidazole rings is 1. The lowest BCUT2D eigenvalue weighted by molar-refractivity contribution is 0.102. The van der Waals surface area contributed by atoms with Gasteiger partial charge in [-0.25, -0.2) is 14.2 Å². The van der Waals surface area contributed by atoms with Gasteiger partial charge in [-0.05, 0) is 70.5 Å². The van der Waals surface area contributed by atoms with Gasteiger partial charge in [0.25, 0.3) is 5.56 Å². The van der Waals surface area contributed by atoms with E-state index in [1.165, 1.54) is 36.4 Å². The highest BCUT2D eigenvalue weighted by atomic mass is 79.9. The highest BCUT2D eigenvalue weighted by molar-refractivity contribution is 9.10. The lowest BCUT2D eigenvalue weighted by Gasteiger charge is -2.09. The molecule has 0 radical (unpaired) electrons. The molecule has 0 unspecified atom stereocenters. The summed E-state index contributed by atoms with van der Waals surface area (Å²) in [5.74, 6) is -0.155. The highest BCUT2D eigenvalue weighted by Crippen LogP contribution is 2.21. The highest BCUT2D eigenvalue weighted by Gasteiger charge is 2.19. The zero-order chi connectivity index (χ0) is 23.8. The average molecular weight is 523 g/mol. The number of carbonyl (C=O) groups excluding carboxylic acids is 1. The van der Waals surface area contributed by atoms with Crippen molar-refractivity contribution in [3.8, 4) is 5.75 Å². The molecular formula is C24H16BrFN4O4. The Balaban J connectivity index is 1.47. The Hall–Kier alpha value is -4.05. The molecule has 0 bridgehead atoms. The number of fused-ring (bicyclic) bond motifs is 2. The van der Waals surface area contributed by atoms with Crippen LogP contribution in [0.2, 0.25) is 0 Å². The van der Waals surface area contributed by atoms with Crippen molar-refractivity contribution in [3.05, 3.63) is 110 Å². The number of benzene rings is 2. The standard InChI is InChI=1S/C24H16BrFN4O4/c25-21-19-3-1-2-10-29(19)22(28-21)20(31)14-4-9-18-17(13-14)23(32)30(24(33)27-18)11-12-34-16-7-5-15(26)6-8-16/h1-10,13H,11-12H2,(H,27,33). The van der Waals surface area contributed by atoms with E-state index >= 15 is 0 Å². The lowest BCUT2D eigenvalue weighted by Crippen LogP contribution is -2.36. The van der Waals surface area contributed by atoms with Gasteiger partial charge in [0.1, 0.15) is 22.8 Å². The average Bonchev–Trinajstić information content (AvgIpc) is 3.18. The fraction of sp³-hybridized carbons (Fsp3) is 0.0833. The van der Waals surface area contributed by atoms with Crippen molar-refractivity contribution < 1.29 is 13.9 Å². The SMILES string of the molecule is O=C(c1ccc2[nH]c(=O)n(CCOc3ccc(F)cc3)c(=O)c2c1)c1nc(Br)c2ccccn12. The molecule has 3 heterocycles. The molecule has 0 fully saturated rings. The maximum absolute atomic E-state index is 13.2. The number of ether oxygens (including phenoxy) is 1. The van der Waals surface area contributed by atoms with Gasteiger partial charge in [-0.3, -0.25) is 18.6 Å². The molecule has 5 aromatic rings. The van der Waals surface area contributed by atoms with E-state index in [4.69, 9.17) is 4.74 Å². The Labute approximate surface area is 199 Å². The lowest BCUT2D eigenvalue weighted by atomic mass is 10.1. The van der Waals surface area contributed by atoms with E-state index in [9.17, 15) is 18.8 Å². The van der Waals surface area contributed by atoms with Gasteiger partial charge in [0.2, 0.25) is 5.78 Å². The fourth-order valence-electron chi connectivity index (χ4n) is 3.67. The van der Waals surface area contributed by atoms with Crippen LogP contribution in [0.5, 0.6) is 5.75 Å². The van der Waals surface area contributed by atoms with Crippen LogP contribution in [0, 0.1) is 5.82 Å². The Morgan fingerprint density at radius 3 is 2.68 bits per heavy atom. The van der Waals surface area contributed by atoms with Crippen molar-refractivity contribution in [2.24, 2.45) is 0 Å². The van der Waals surface area contributed by atoms with Crippen LogP contribution in [-0.4, -0.2) is 31.3 Å². The summed E-state index contributed by atoms with van der Waals surface area (Å²) in [6.45, 7) is -0.00959. The van der Waals surface area contributed by atoms with Crippen LogP contribution in [0.25, 0.3) is 16.4 Å². The summed E-state index contributed by atoms with van der Waals surface area (Å²) >= 11 is 3.36. The largest absolute Gasteiger partial charge is 0.492 e. The van der Waals surface area contributed by atoms with E-state index in [2.05, 4.69) is 25.9 Å². The maximum Gasteiger partial charge on any atom is 0.328 e. The van der Waals surface area contributed by atoms with Gasteiger partial charge in [0, 0.05) is 11.8 Å². The molecule has 34 heavy (non-hydrogen) atoms. The van der Waals surface area contributed by atoms with Crippen LogP contribution in [0.4, 0.5) is 4.39 Å². The van der Waals surface area contributed by atoms with Gasteiger partial charge in [-0.2, -0.15) is 0 Å². The van der Waals surface area contributed by atoms with Gasteiger partial charge in [0.05, 0.1) is 23.0 Å².